The number of hydrogen-bond donors (Lipinski definition) is 3. The van der Waals surface area contributed by atoms with Gasteiger partial charge < -0.3 is 19.3 Å². The molecule has 0 aliphatic carbocycles. The van der Waals surface area contributed by atoms with Crippen molar-refractivity contribution in [3.05, 3.63) is 59.4 Å². The Hall–Kier alpha value is -2.78. The number of anilines is 1. The Morgan fingerprint density at radius 1 is 1.13 bits per heavy atom. The molecule has 11 heteroatoms. The highest BCUT2D eigenvalue weighted by atomic mass is 32.1. The lowest BCUT2D eigenvalue weighted by atomic mass is 10.2. The molecule has 0 aliphatic heterocycles. The summed E-state index contributed by atoms with van der Waals surface area (Å²) in [6.45, 7) is 3.65. The van der Waals surface area contributed by atoms with E-state index in [9.17, 15) is 23.5 Å². The van der Waals surface area contributed by atoms with Gasteiger partial charge in [0.05, 0.1) is 17.6 Å². The summed E-state index contributed by atoms with van der Waals surface area (Å²) >= 11 is 0.700. The molecule has 30 heavy (non-hydrogen) atoms. The second-order valence-electron chi connectivity index (χ2n) is 6.42. The second-order valence-corrected chi connectivity index (χ2v) is 9.01. The van der Waals surface area contributed by atoms with Crippen molar-refractivity contribution >= 4 is 35.3 Å². The molecule has 3 rings (SSSR count). The van der Waals surface area contributed by atoms with Crippen LogP contribution in [0.15, 0.2) is 48.7 Å². The minimum Gasteiger partial charge on any atom is -0.491 e. The molecular formula is C19H18FN2O6PS. The standard InChI is InChI=1S/C19H18FN2O6PS/c1-11(2)27-14-7-12(18(23)22-19-21-10-17(20)30-19)8-15(9-14)28-13-3-5-16(6-4-13)29(24,25)26/h3-11H,1-2H3,(H,21,22,23)(H2,24,25,26). The maximum absolute atomic E-state index is 13.1. The summed E-state index contributed by atoms with van der Waals surface area (Å²) in [5.41, 5.74) is 0.200. The summed E-state index contributed by atoms with van der Waals surface area (Å²) in [7, 11) is -4.36. The Kier molecular flexibility index (Phi) is 6.52. The number of carbonyl (C=O) groups is 1. The smallest absolute Gasteiger partial charge is 0.356 e. The summed E-state index contributed by atoms with van der Waals surface area (Å²) in [6, 6.07) is 9.89. The van der Waals surface area contributed by atoms with Crippen LogP contribution in [0.3, 0.4) is 0 Å². The fraction of sp³-hybridized carbons (Fsp3) is 0.158. The van der Waals surface area contributed by atoms with E-state index in [1.807, 2.05) is 13.8 Å². The van der Waals surface area contributed by atoms with Crippen LogP contribution >= 0.6 is 18.9 Å². The van der Waals surface area contributed by atoms with Gasteiger partial charge >= 0.3 is 7.60 Å². The van der Waals surface area contributed by atoms with E-state index in [1.54, 1.807) is 6.07 Å². The minimum atomic E-state index is -4.36. The van der Waals surface area contributed by atoms with Crippen molar-refractivity contribution in [2.75, 3.05) is 5.32 Å². The zero-order valence-electron chi connectivity index (χ0n) is 15.9. The van der Waals surface area contributed by atoms with Crippen LogP contribution in [0.4, 0.5) is 9.52 Å². The van der Waals surface area contributed by atoms with Crippen molar-refractivity contribution in [2.24, 2.45) is 0 Å². The number of halogens is 1. The first-order valence-electron chi connectivity index (χ1n) is 8.68. The number of hydrogen-bond acceptors (Lipinski definition) is 6. The van der Waals surface area contributed by atoms with Gasteiger partial charge in [0.15, 0.2) is 10.3 Å². The molecule has 1 heterocycles. The van der Waals surface area contributed by atoms with E-state index in [2.05, 4.69) is 10.3 Å². The second kappa shape index (κ2) is 8.93. The Morgan fingerprint density at radius 2 is 1.80 bits per heavy atom. The van der Waals surface area contributed by atoms with Gasteiger partial charge in [0.2, 0.25) is 0 Å². The van der Waals surface area contributed by atoms with E-state index in [0.29, 0.717) is 22.8 Å². The van der Waals surface area contributed by atoms with Crippen LogP contribution < -0.4 is 20.1 Å². The van der Waals surface area contributed by atoms with Gasteiger partial charge in [-0.15, -0.1) is 0 Å². The number of thiazole rings is 1. The van der Waals surface area contributed by atoms with Crippen molar-refractivity contribution in [2.45, 2.75) is 20.0 Å². The summed E-state index contributed by atoms with van der Waals surface area (Å²) < 4.78 is 35.8. The maximum atomic E-state index is 13.1. The summed E-state index contributed by atoms with van der Waals surface area (Å²) in [5.74, 6) is 0.430. The first-order valence-corrected chi connectivity index (χ1v) is 11.1. The number of carbonyl (C=O) groups excluding carboxylic acids is 1. The van der Waals surface area contributed by atoms with Crippen LogP contribution in [0.25, 0.3) is 0 Å². The number of benzene rings is 2. The molecular weight excluding hydrogens is 434 g/mol. The van der Waals surface area contributed by atoms with E-state index >= 15 is 0 Å². The van der Waals surface area contributed by atoms with Gasteiger partial charge in [0.25, 0.3) is 5.91 Å². The topological polar surface area (TPSA) is 118 Å². The largest absolute Gasteiger partial charge is 0.491 e. The highest BCUT2D eigenvalue weighted by Crippen LogP contribution is 2.34. The number of nitrogens with zero attached hydrogens (tertiary/aromatic N) is 1. The van der Waals surface area contributed by atoms with Gasteiger partial charge in [0, 0.05) is 11.6 Å². The number of aromatic nitrogens is 1. The molecule has 0 atom stereocenters. The highest BCUT2D eigenvalue weighted by molar-refractivity contribution is 7.60. The van der Waals surface area contributed by atoms with Crippen LogP contribution in [0.5, 0.6) is 17.2 Å². The molecule has 158 valence electrons. The van der Waals surface area contributed by atoms with E-state index in [-0.39, 0.29) is 27.9 Å². The van der Waals surface area contributed by atoms with Gasteiger partial charge in [-0.05, 0) is 50.2 Å². The van der Waals surface area contributed by atoms with Crippen LogP contribution in [0, 0.1) is 5.13 Å². The van der Waals surface area contributed by atoms with Gasteiger partial charge in [-0.25, -0.2) is 4.98 Å². The lowest BCUT2D eigenvalue weighted by Gasteiger charge is -2.14. The van der Waals surface area contributed by atoms with Gasteiger partial charge in [-0.1, -0.05) is 11.3 Å². The predicted molar refractivity (Wildman–Crippen MR) is 110 cm³/mol. The van der Waals surface area contributed by atoms with E-state index < -0.39 is 18.6 Å². The molecule has 3 aromatic rings. The van der Waals surface area contributed by atoms with Gasteiger partial charge in [-0.2, -0.15) is 4.39 Å². The van der Waals surface area contributed by atoms with Gasteiger partial charge in [0.1, 0.15) is 17.2 Å². The molecule has 2 aromatic carbocycles. The fourth-order valence-corrected chi connectivity index (χ4v) is 3.50. The fourth-order valence-electron chi connectivity index (χ4n) is 2.43. The first kappa shape index (κ1) is 21.9. The van der Waals surface area contributed by atoms with E-state index in [4.69, 9.17) is 9.47 Å². The SMILES string of the molecule is CC(C)Oc1cc(Oc2ccc(P(=O)(O)O)cc2)cc(C(=O)Nc2ncc(F)s2)c1. The average molecular weight is 452 g/mol. The predicted octanol–water partition coefficient (Wildman–Crippen LogP) is 3.92. The van der Waals surface area contributed by atoms with Crippen LogP contribution in [-0.4, -0.2) is 26.8 Å². The number of rotatable bonds is 7. The molecule has 1 amide bonds. The molecule has 8 nitrogen and oxygen atoms in total. The Morgan fingerprint density at radius 3 is 2.37 bits per heavy atom. The first-order chi connectivity index (χ1) is 14.1. The molecule has 0 unspecified atom stereocenters. The molecule has 0 saturated heterocycles. The third kappa shape index (κ3) is 5.87. The molecule has 1 aromatic heterocycles. The van der Waals surface area contributed by atoms with Crippen molar-refractivity contribution in [1.29, 1.82) is 0 Å². The van der Waals surface area contributed by atoms with Crippen LogP contribution in [-0.2, 0) is 4.57 Å². The molecule has 0 bridgehead atoms. The zero-order valence-corrected chi connectivity index (χ0v) is 17.6. The highest BCUT2D eigenvalue weighted by Gasteiger charge is 2.17. The van der Waals surface area contributed by atoms with Crippen LogP contribution in [0.2, 0.25) is 0 Å². The molecule has 0 fully saturated rings. The third-order valence-corrected chi connectivity index (χ3v) is 5.29. The summed E-state index contributed by atoms with van der Waals surface area (Å²) in [5, 5.41) is 1.96. The Labute approximate surface area is 175 Å². The quantitative estimate of drug-likeness (QED) is 0.465. The van der Waals surface area contributed by atoms with Crippen molar-refractivity contribution in [3.63, 3.8) is 0 Å². The molecule has 0 saturated carbocycles. The van der Waals surface area contributed by atoms with Crippen molar-refractivity contribution < 1.29 is 33.0 Å². The number of amides is 1. The Bertz CT molecular complexity index is 1100. The van der Waals surface area contributed by atoms with E-state index in [0.717, 1.165) is 6.20 Å². The third-order valence-electron chi connectivity index (χ3n) is 3.62. The molecule has 0 radical (unpaired) electrons. The number of nitrogens with one attached hydrogen (secondary N) is 1. The minimum absolute atomic E-state index is 0.114. The van der Waals surface area contributed by atoms with Crippen LogP contribution in [0.1, 0.15) is 24.2 Å². The Balaban J connectivity index is 1.86. The maximum Gasteiger partial charge on any atom is 0.356 e. The lowest BCUT2D eigenvalue weighted by molar-refractivity contribution is 0.102. The average Bonchev–Trinajstić information content (AvgIpc) is 3.05. The summed E-state index contributed by atoms with van der Waals surface area (Å²) in [6.07, 6.45) is 0.848. The van der Waals surface area contributed by atoms with Crippen molar-refractivity contribution in [3.8, 4) is 17.2 Å². The zero-order chi connectivity index (χ0) is 21.9. The molecule has 0 spiro atoms. The van der Waals surface area contributed by atoms with E-state index in [1.165, 1.54) is 36.4 Å². The lowest BCUT2D eigenvalue weighted by Crippen LogP contribution is -2.13. The monoisotopic (exact) mass is 452 g/mol. The van der Waals surface area contributed by atoms with Gasteiger partial charge in [-0.3, -0.25) is 14.7 Å². The normalized spacial score (nSPS) is 11.4. The van der Waals surface area contributed by atoms with Crippen molar-refractivity contribution in [1.82, 2.24) is 4.98 Å². The molecule has 0 aliphatic rings. The molecule has 3 N–H and O–H groups in total. The number of ether oxygens (including phenoxy) is 2. The summed E-state index contributed by atoms with van der Waals surface area (Å²) in [4.78, 5) is 34.7.